The Bertz CT molecular complexity index is 94.0. The van der Waals surface area contributed by atoms with Crippen LogP contribution in [-0.4, -0.2) is 17.1 Å². The van der Waals surface area contributed by atoms with E-state index in [0.29, 0.717) is 0 Å². The third kappa shape index (κ3) is 4.07. The molecule has 0 heterocycles. The standard InChI is InChI=1S/C10H22NO/c1-5-7-9(3)11(12)10(4)8-6-2/h9-10H,5-8H2,1-4H3/q-1. The van der Waals surface area contributed by atoms with Crippen LogP contribution < -0.4 is 0 Å². The van der Waals surface area contributed by atoms with Crippen LogP contribution in [0.5, 0.6) is 0 Å². The minimum absolute atomic E-state index is 0.191. The molecule has 0 fully saturated rings. The highest BCUT2D eigenvalue weighted by Gasteiger charge is 2.08. The SMILES string of the molecule is CCCC(C)N([O-])C(C)CCC. The molecule has 0 N–H and O–H groups in total. The summed E-state index contributed by atoms with van der Waals surface area (Å²) in [5.41, 5.74) is 0. The van der Waals surface area contributed by atoms with Crippen molar-refractivity contribution in [1.29, 1.82) is 0 Å². The first-order valence-corrected chi connectivity index (χ1v) is 5.08. The van der Waals surface area contributed by atoms with Gasteiger partial charge in [-0.25, -0.2) is 0 Å². The highest BCUT2D eigenvalue weighted by molar-refractivity contribution is 4.73. The molecular formula is C10H22NO-. The fraction of sp³-hybridized carbons (Fsp3) is 1.00. The number of hydroxylamine groups is 2. The van der Waals surface area contributed by atoms with E-state index in [1.54, 1.807) is 0 Å². The number of hydrogen-bond acceptors (Lipinski definition) is 2. The Morgan fingerprint density at radius 2 is 1.33 bits per heavy atom. The molecule has 2 atom stereocenters. The van der Waals surface area contributed by atoms with Gasteiger partial charge in [0.25, 0.3) is 0 Å². The summed E-state index contributed by atoms with van der Waals surface area (Å²) in [5.74, 6) is 0. The summed E-state index contributed by atoms with van der Waals surface area (Å²) in [6, 6.07) is 0.382. The molecule has 0 aromatic heterocycles. The molecule has 0 aromatic rings. The van der Waals surface area contributed by atoms with Gasteiger partial charge in [0, 0.05) is 0 Å². The lowest BCUT2D eigenvalue weighted by atomic mass is 10.1. The fourth-order valence-electron chi connectivity index (χ4n) is 1.52. The summed E-state index contributed by atoms with van der Waals surface area (Å²) >= 11 is 0. The predicted molar refractivity (Wildman–Crippen MR) is 53.9 cm³/mol. The second kappa shape index (κ2) is 6.44. The van der Waals surface area contributed by atoms with Gasteiger partial charge in [-0.15, -0.1) is 0 Å². The third-order valence-electron chi connectivity index (χ3n) is 2.28. The van der Waals surface area contributed by atoms with Gasteiger partial charge in [0.05, 0.1) is 0 Å². The second-order valence-electron chi connectivity index (χ2n) is 3.64. The molecule has 0 saturated heterocycles. The molecule has 12 heavy (non-hydrogen) atoms. The van der Waals surface area contributed by atoms with Crippen LogP contribution in [0.4, 0.5) is 0 Å². The Hall–Kier alpha value is -0.0800. The van der Waals surface area contributed by atoms with Crippen LogP contribution in [0.1, 0.15) is 53.4 Å². The van der Waals surface area contributed by atoms with E-state index in [2.05, 4.69) is 13.8 Å². The van der Waals surface area contributed by atoms with Crippen molar-refractivity contribution in [2.75, 3.05) is 0 Å². The van der Waals surface area contributed by atoms with Crippen molar-refractivity contribution in [2.45, 2.75) is 65.5 Å². The maximum atomic E-state index is 11.5. The molecule has 0 aliphatic rings. The Balaban J connectivity index is 3.73. The molecule has 0 aliphatic heterocycles. The Kier molecular flexibility index (Phi) is 6.39. The van der Waals surface area contributed by atoms with Crippen molar-refractivity contribution in [1.82, 2.24) is 5.06 Å². The van der Waals surface area contributed by atoms with Crippen molar-refractivity contribution < 1.29 is 0 Å². The summed E-state index contributed by atoms with van der Waals surface area (Å²) in [6.45, 7) is 8.27. The monoisotopic (exact) mass is 172 g/mol. The van der Waals surface area contributed by atoms with Crippen LogP contribution in [0.3, 0.4) is 0 Å². The quantitative estimate of drug-likeness (QED) is 0.575. The van der Waals surface area contributed by atoms with Gasteiger partial charge in [0.2, 0.25) is 0 Å². The topological polar surface area (TPSA) is 26.3 Å². The smallest absolute Gasteiger partial charge is 0.00532 e. The summed E-state index contributed by atoms with van der Waals surface area (Å²) in [5, 5.41) is 12.8. The minimum atomic E-state index is 0.191. The molecule has 0 rings (SSSR count). The molecule has 2 heteroatoms. The predicted octanol–water partition coefficient (Wildman–Crippen LogP) is 3.16. The van der Waals surface area contributed by atoms with Crippen molar-refractivity contribution in [3.8, 4) is 0 Å². The first-order valence-electron chi connectivity index (χ1n) is 5.08. The van der Waals surface area contributed by atoms with E-state index in [1.165, 1.54) is 5.06 Å². The normalized spacial score (nSPS) is 16.5. The van der Waals surface area contributed by atoms with E-state index in [9.17, 15) is 5.21 Å². The minimum Gasteiger partial charge on any atom is -0.785 e. The third-order valence-corrected chi connectivity index (χ3v) is 2.28. The molecule has 2 nitrogen and oxygen atoms in total. The van der Waals surface area contributed by atoms with Crippen molar-refractivity contribution in [3.63, 3.8) is 0 Å². The van der Waals surface area contributed by atoms with Gasteiger partial charge in [-0.1, -0.05) is 40.5 Å². The lowest BCUT2D eigenvalue weighted by Gasteiger charge is -2.40. The highest BCUT2D eigenvalue weighted by atomic mass is 16.5. The molecule has 74 valence electrons. The van der Waals surface area contributed by atoms with Gasteiger partial charge >= 0.3 is 0 Å². The number of rotatable bonds is 6. The van der Waals surface area contributed by atoms with E-state index < -0.39 is 0 Å². The molecule has 2 unspecified atom stereocenters. The largest absolute Gasteiger partial charge is 0.785 e. The fourth-order valence-corrected chi connectivity index (χ4v) is 1.52. The summed E-state index contributed by atoms with van der Waals surface area (Å²) in [4.78, 5) is 0. The van der Waals surface area contributed by atoms with Crippen molar-refractivity contribution in [3.05, 3.63) is 5.21 Å². The molecule has 0 aliphatic carbocycles. The average molecular weight is 172 g/mol. The summed E-state index contributed by atoms with van der Waals surface area (Å²) in [7, 11) is 0. The Morgan fingerprint density at radius 3 is 1.58 bits per heavy atom. The zero-order valence-corrected chi connectivity index (χ0v) is 8.84. The van der Waals surface area contributed by atoms with Crippen LogP contribution in [0.25, 0.3) is 0 Å². The molecule has 0 bridgehead atoms. The summed E-state index contributed by atoms with van der Waals surface area (Å²) < 4.78 is 0. The maximum Gasteiger partial charge on any atom is -0.00532 e. The first kappa shape index (κ1) is 11.9. The lowest BCUT2D eigenvalue weighted by molar-refractivity contribution is 0.208. The van der Waals surface area contributed by atoms with E-state index in [1.807, 2.05) is 13.8 Å². The lowest BCUT2D eigenvalue weighted by Crippen LogP contribution is -2.35. The number of nitrogens with zero attached hydrogens (tertiary/aromatic N) is 1. The van der Waals surface area contributed by atoms with Crippen LogP contribution in [-0.2, 0) is 0 Å². The Labute approximate surface area is 76.5 Å². The summed E-state index contributed by atoms with van der Waals surface area (Å²) in [6.07, 6.45) is 4.21. The molecule has 0 spiro atoms. The van der Waals surface area contributed by atoms with Gasteiger partial charge < -0.3 is 10.3 Å². The maximum absolute atomic E-state index is 11.5. The highest BCUT2D eigenvalue weighted by Crippen LogP contribution is 2.12. The van der Waals surface area contributed by atoms with E-state index in [-0.39, 0.29) is 12.1 Å². The average Bonchev–Trinajstić information content (AvgIpc) is 2.04. The van der Waals surface area contributed by atoms with E-state index in [4.69, 9.17) is 0 Å². The van der Waals surface area contributed by atoms with E-state index in [0.717, 1.165) is 25.7 Å². The van der Waals surface area contributed by atoms with Crippen LogP contribution in [0.2, 0.25) is 0 Å². The zero-order valence-electron chi connectivity index (χ0n) is 8.84. The molecule has 0 radical (unpaired) electrons. The van der Waals surface area contributed by atoms with Gasteiger partial charge in [-0.05, 0) is 24.9 Å². The van der Waals surface area contributed by atoms with Crippen molar-refractivity contribution >= 4 is 0 Å². The van der Waals surface area contributed by atoms with Crippen LogP contribution >= 0.6 is 0 Å². The van der Waals surface area contributed by atoms with Gasteiger partial charge in [0.15, 0.2) is 0 Å². The number of hydrogen-bond donors (Lipinski definition) is 0. The first-order chi connectivity index (χ1) is 5.63. The molecule has 0 aromatic carbocycles. The van der Waals surface area contributed by atoms with Gasteiger partial charge in [0.1, 0.15) is 0 Å². The van der Waals surface area contributed by atoms with Crippen molar-refractivity contribution in [2.24, 2.45) is 0 Å². The van der Waals surface area contributed by atoms with Gasteiger partial charge in [-0.2, -0.15) is 0 Å². The molecule has 0 amide bonds. The van der Waals surface area contributed by atoms with Crippen LogP contribution in [0, 0.1) is 5.21 Å². The zero-order chi connectivity index (χ0) is 9.56. The van der Waals surface area contributed by atoms with E-state index >= 15 is 0 Å². The van der Waals surface area contributed by atoms with Gasteiger partial charge in [-0.3, -0.25) is 0 Å². The molecule has 0 saturated carbocycles. The van der Waals surface area contributed by atoms with Crippen LogP contribution in [0.15, 0.2) is 0 Å². The Morgan fingerprint density at radius 1 is 1.00 bits per heavy atom. The molecular weight excluding hydrogens is 150 g/mol. The second-order valence-corrected chi connectivity index (χ2v) is 3.64.